The topological polar surface area (TPSA) is 40.5 Å². The SMILES string of the molecule is Oc1c(F)cc(Br)c(O)c1Br. The van der Waals surface area contributed by atoms with Gasteiger partial charge in [0, 0.05) is 0 Å². The van der Waals surface area contributed by atoms with Crippen molar-refractivity contribution in [1.82, 2.24) is 0 Å². The Balaban J connectivity index is 3.46. The third kappa shape index (κ3) is 1.49. The molecule has 1 aromatic rings. The second-order valence-corrected chi connectivity index (χ2v) is 3.50. The maximum atomic E-state index is 12.6. The minimum Gasteiger partial charge on any atom is -0.505 e. The van der Waals surface area contributed by atoms with Crippen LogP contribution in [0.5, 0.6) is 11.5 Å². The number of aromatic hydroxyl groups is 2. The van der Waals surface area contributed by atoms with Crippen LogP contribution in [0.3, 0.4) is 0 Å². The lowest BCUT2D eigenvalue weighted by molar-refractivity contribution is 0.412. The van der Waals surface area contributed by atoms with Crippen molar-refractivity contribution in [3.63, 3.8) is 0 Å². The zero-order valence-corrected chi connectivity index (χ0v) is 8.28. The highest BCUT2D eigenvalue weighted by Crippen LogP contribution is 2.40. The summed E-state index contributed by atoms with van der Waals surface area (Å²) in [5.41, 5.74) is 0. The first-order valence-corrected chi connectivity index (χ1v) is 4.18. The summed E-state index contributed by atoms with van der Waals surface area (Å²) >= 11 is 5.71. The molecule has 11 heavy (non-hydrogen) atoms. The largest absolute Gasteiger partial charge is 0.505 e. The lowest BCUT2D eigenvalue weighted by Gasteiger charge is -2.02. The predicted octanol–water partition coefficient (Wildman–Crippen LogP) is 2.76. The molecule has 2 nitrogen and oxygen atoms in total. The van der Waals surface area contributed by atoms with Crippen molar-refractivity contribution in [3.8, 4) is 11.5 Å². The van der Waals surface area contributed by atoms with Gasteiger partial charge in [-0.3, -0.25) is 0 Å². The van der Waals surface area contributed by atoms with Gasteiger partial charge in [0.1, 0.15) is 10.2 Å². The Labute approximate surface area is 78.9 Å². The number of rotatable bonds is 0. The predicted molar refractivity (Wildman–Crippen MR) is 45.1 cm³/mol. The number of hydrogen-bond acceptors (Lipinski definition) is 2. The number of hydrogen-bond donors (Lipinski definition) is 2. The van der Waals surface area contributed by atoms with Gasteiger partial charge in [0.15, 0.2) is 11.6 Å². The van der Waals surface area contributed by atoms with Crippen molar-refractivity contribution in [2.45, 2.75) is 0 Å². The fraction of sp³-hybridized carbons (Fsp3) is 0. The van der Waals surface area contributed by atoms with E-state index < -0.39 is 11.6 Å². The number of benzene rings is 1. The van der Waals surface area contributed by atoms with Crippen molar-refractivity contribution in [3.05, 3.63) is 20.8 Å². The van der Waals surface area contributed by atoms with Crippen LogP contribution in [-0.4, -0.2) is 10.2 Å². The van der Waals surface area contributed by atoms with Gasteiger partial charge in [-0.15, -0.1) is 0 Å². The lowest BCUT2D eigenvalue weighted by atomic mass is 10.3. The highest BCUT2D eigenvalue weighted by atomic mass is 79.9. The van der Waals surface area contributed by atoms with Gasteiger partial charge >= 0.3 is 0 Å². The average molecular weight is 286 g/mol. The maximum absolute atomic E-state index is 12.6. The van der Waals surface area contributed by atoms with E-state index in [1.165, 1.54) is 0 Å². The third-order valence-electron chi connectivity index (χ3n) is 1.12. The minimum absolute atomic E-state index is 0.0515. The highest BCUT2D eigenvalue weighted by molar-refractivity contribution is 9.11. The first-order valence-electron chi connectivity index (χ1n) is 2.59. The Morgan fingerprint density at radius 3 is 2.27 bits per heavy atom. The van der Waals surface area contributed by atoms with Crippen LogP contribution in [0.2, 0.25) is 0 Å². The molecule has 0 radical (unpaired) electrons. The summed E-state index contributed by atoms with van der Waals surface area (Å²) in [4.78, 5) is 0. The van der Waals surface area contributed by atoms with E-state index in [2.05, 4.69) is 31.9 Å². The molecule has 0 aliphatic heterocycles. The molecule has 5 heteroatoms. The van der Waals surface area contributed by atoms with Gasteiger partial charge in [0.25, 0.3) is 0 Å². The van der Waals surface area contributed by atoms with Gasteiger partial charge in [-0.2, -0.15) is 0 Å². The molecule has 0 heterocycles. The summed E-state index contributed by atoms with van der Waals surface area (Å²) in [7, 11) is 0. The maximum Gasteiger partial charge on any atom is 0.169 e. The average Bonchev–Trinajstić information content (AvgIpc) is 1.97. The van der Waals surface area contributed by atoms with E-state index in [9.17, 15) is 4.39 Å². The number of phenolic OH excluding ortho intramolecular Hbond substituents is 2. The normalized spacial score (nSPS) is 10.1. The van der Waals surface area contributed by atoms with Gasteiger partial charge in [0.05, 0.1) is 4.47 Å². The van der Waals surface area contributed by atoms with E-state index in [0.717, 1.165) is 6.07 Å². The first kappa shape index (κ1) is 8.80. The van der Waals surface area contributed by atoms with Gasteiger partial charge in [-0.1, -0.05) is 0 Å². The molecule has 0 bridgehead atoms. The molecule has 0 aliphatic rings. The Hall–Kier alpha value is -0.290. The summed E-state index contributed by atoms with van der Waals surface area (Å²) in [6.45, 7) is 0. The fourth-order valence-electron chi connectivity index (χ4n) is 0.570. The third-order valence-corrected chi connectivity index (χ3v) is 2.48. The van der Waals surface area contributed by atoms with Crippen molar-refractivity contribution >= 4 is 31.9 Å². The summed E-state index contributed by atoms with van der Waals surface area (Å²) in [6, 6.07) is 0.982. The van der Waals surface area contributed by atoms with Crippen LogP contribution in [0, 0.1) is 5.82 Å². The summed E-state index contributed by atoms with van der Waals surface area (Å²) in [6.07, 6.45) is 0. The Morgan fingerprint density at radius 1 is 1.18 bits per heavy atom. The van der Waals surface area contributed by atoms with Crippen LogP contribution in [0.25, 0.3) is 0 Å². The van der Waals surface area contributed by atoms with Crippen molar-refractivity contribution in [2.75, 3.05) is 0 Å². The monoisotopic (exact) mass is 284 g/mol. The van der Waals surface area contributed by atoms with Crippen molar-refractivity contribution in [2.24, 2.45) is 0 Å². The quantitative estimate of drug-likeness (QED) is 0.769. The van der Waals surface area contributed by atoms with Crippen LogP contribution in [0.4, 0.5) is 4.39 Å². The van der Waals surface area contributed by atoms with Crippen LogP contribution in [0.1, 0.15) is 0 Å². The molecule has 0 atom stereocenters. The molecule has 0 fully saturated rings. The van der Waals surface area contributed by atoms with Gasteiger partial charge in [-0.25, -0.2) is 4.39 Å². The van der Waals surface area contributed by atoms with Crippen LogP contribution < -0.4 is 0 Å². The van der Waals surface area contributed by atoms with E-state index >= 15 is 0 Å². The molecule has 0 saturated heterocycles. The molecule has 0 spiro atoms. The van der Waals surface area contributed by atoms with Gasteiger partial charge in [0.2, 0.25) is 0 Å². The van der Waals surface area contributed by atoms with Crippen molar-refractivity contribution in [1.29, 1.82) is 0 Å². The molecule has 1 rings (SSSR count). The molecule has 0 unspecified atom stereocenters. The summed E-state index contributed by atoms with van der Waals surface area (Å²) in [5, 5.41) is 18.0. The molecular formula is C6H3Br2FO2. The summed E-state index contributed by atoms with van der Waals surface area (Å²) in [5.74, 6) is -1.60. The molecule has 1 aromatic carbocycles. The molecule has 0 aliphatic carbocycles. The molecular weight excluding hydrogens is 283 g/mol. The smallest absolute Gasteiger partial charge is 0.169 e. The number of halogens is 3. The standard InChI is InChI=1S/C6H3Br2FO2/c7-2-1-3(9)6(11)4(8)5(2)10/h1,10-11H. The van der Waals surface area contributed by atoms with E-state index in [1.54, 1.807) is 0 Å². The highest BCUT2D eigenvalue weighted by Gasteiger charge is 2.12. The number of phenols is 2. The van der Waals surface area contributed by atoms with Gasteiger partial charge < -0.3 is 10.2 Å². The van der Waals surface area contributed by atoms with E-state index in [4.69, 9.17) is 10.2 Å². The second kappa shape index (κ2) is 2.98. The Kier molecular flexibility index (Phi) is 2.39. The van der Waals surface area contributed by atoms with E-state index in [-0.39, 0.29) is 14.7 Å². The zero-order valence-electron chi connectivity index (χ0n) is 5.11. The van der Waals surface area contributed by atoms with Crippen LogP contribution in [0.15, 0.2) is 15.0 Å². The molecule has 0 saturated carbocycles. The van der Waals surface area contributed by atoms with Crippen molar-refractivity contribution < 1.29 is 14.6 Å². The molecule has 60 valence electrons. The zero-order chi connectivity index (χ0) is 8.59. The van der Waals surface area contributed by atoms with Gasteiger partial charge in [-0.05, 0) is 37.9 Å². The van der Waals surface area contributed by atoms with E-state index in [1.807, 2.05) is 0 Å². The Morgan fingerprint density at radius 2 is 1.73 bits per heavy atom. The molecule has 0 amide bonds. The summed E-state index contributed by atoms with van der Waals surface area (Å²) < 4.78 is 12.7. The van der Waals surface area contributed by atoms with E-state index in [0.29, 0.717) is 0 Å². The second-order valence-electron chi connectivity index (χ2n) is 1.85. The van der Waals surface area contributed by atoms with Crippen LogP contribution in [-0.2, 0) is 0 Å². The lowest BCUT2D eigenvalue weighted by Crippen LogP contribution is -1.80. The molecule has 2 N–H and O–H groups in total. The first-order chi connectivity index (χ1) is 5.04. The minimum atomic E-state index is -0.790. The molecule has 0 aromatic heterocycles. The Bertz CT molecular complexity index is 275. The fourth-order valence-corrected chi connectivity index (χ4v) is 1.64. The van der Waals surface area contributed by atoms with Crippen LogP contribution >= 0.6 is 31.9 Å².